The van der Waals surface area contributed by atoms with E-state index in [1.54, 1.807) is 42.5 Å². The zero-order valence-electron chi connectivity index (χ0n) is 16.7. The number of sulfonamides is 1. The third-order valence-electron chi connectivity index (χ3n) is 5.43. The molecule has 0 saturated heterocycles. The molecule has 1 aliphatic rings. The van der Waals surface area contributed by atoms with Gasteiger partial charge in [0.2, 0.25) is 0 Å². The van der Waals surface area contributed by atoms with Crippen molar-refractivity contribution in [3.63, 3.8) is 0 Å². The van der Waals surface area contributed by atoms with Crippen molar-refractivity contribution in [1.82, 2.24) is 5.32 Å². The molecule has 2 aromatic carbocycles. The molecular formula is C22H28N2O3S. The molecular weight excluding hydrogens is 372 g/mol. The highest BCUT2D eigenvalue weighted by Gasteiger charge is 2.24. The van der Waals surface area contributed by atoms with E-state index in [2.05, 4.69) is 5.32 Å². The minimum atomic E-state index is -3.70. The summed E-state index contributed by atoms with van der Waals surface area (Å²) < 4.78 is 27.3. The average Bonchev–Trinajstić information content (AvgIpc) is 2.69. The normalized spacial score (nSPS) is 15.2. The van der Waals surface area contributed by atoms with Crippen LogP contribution in [0.25, 0.3) is 0 Å². The number of rotatable bonds is 5. The molecule has 0 radical (unpaired) electrons. The molecule has 1 amide bonds. The Hall–Kier alpha value is -2.34. The van der Waals surface area contributed by atoms with E-state index in [0.29, 0.717) is 11.3 Å². The highest BCUT2D eigenvalue weighted by atomic mass is 32.2. The van der Waals surface area contributed by atoms with Crippen molar-refractivity contribution >= 4 is 21.6 Å². The molecule has 0 spiro atoms. The van der Waals surface area contributed by atoms with Crippen LogP contribution in [0.5, 0.6) is 0 Å². The van der Waals surface area contributed by atoms with Crippen molar-refractivity contribution in [2.75, 3.05) is 11.4 Å². The van der Waals surface area contributed by atoms with Crippen LogP contribution in [0.2, 0.25) is 0 Å². The second-order valence-electron chi connectivity index (χ2n) is 7.60. The van der Waals surface area contributed by atoms with Gasteiger partial charge >= 0.3 is 0 Å². The molecule has 1 fully saturated rings. The lowest BCUT2D eigenvalue weighted by Crippen LogP contribution is -2.36. The first-order valence-corrected chi connectivity index (χ1v) is 11.2. The van der Waals surface area contributed by atoms with Crippen molar-refractivity contribution in [2.24, 2.45) is 0 Å². The SMILES string of the molecule is Cc1ccc(S(=O)(=O)N(C)c2cc(C(=O)NC3CCCCC3)ccc2C)cc1. The second-order valence-corrected chi connectivity index (χ2v) is 9.56. The summed E-state index contributed by atoms with van der Waals surface area (Å²) in [5, 5.41) is 3.09. The molecule has 5 nitrogen and oxygen atoms in total. The molecule has 150 valence electrons. The van der Waals surface area contributed by atoms with Crippen LogP contribution in [-0.2, 0) is 10.0 Å². The standard InChI is InChI=1S/C22H28N2O3S/c1-16-9-13-20(14-10-16)28(26,27)24(3)21-15-18(12-11-17(21)2)22(25)23-19-7-5-4-6-8-19/h9-15,19H,4-8H2,1-3H3,(H,23,25). The number of carbonyl (C=O) groups is 1. The number of hydrogen-bond donors (Lipinski definition) is 1. The van der Waals surface area contributed by atoms with E-state index < -0.39 is 10.0 Å². The van der Waals surface area contributed by atoms with Gasteiger partial charge in [0.1, 0.15) is 0 Å². The molecule has 0 atom stereocenters. The molecule has 28 heavy (non-hydrogen) atoms. The number of carbonyl (C=O) groups excluding carboxylic acids is 1. The topological polar surface area (TPSA) is 66.5 Å². The van der Waals surface area contributed by atoms with Crippen molar-refractivity contribution in [2.45, 2.75) is 56.9 Å². The van der Waals surface area contributed by atoms with Gasteiger partial charge in [0, 0.05) is 18.7 Å². The second kappa shape index (κ2) is 8.35. The molecule has 0 heterocycles. The van der Waals surface area contributed by atoms with Gasteiger partial charge in [-0.25, -0.2) is 8.42 Å². The molecule has 2 aromatic rings. The van der Waals surface area contributed by atoms with Gasteiger partial charge in [-0.3, -0.25) is 9.10 Å². The highest BCUT2D eigenvalue weighted by Crippen LogP contribution is 2.27. The van der Waals surface area contributed by atoms with Gasteiger partial charge in [-0.15, -0.1) is 0 Å². The number of amides is 1. The van der Waals surface area contributed by atoms with Gasteiger partial charge in [0.25, 0.3) is 15.9 Å². The molecule has 0 aromatic heterocycles. The lowest BCUT2D eigenvalue weighted by atomic mass is 9.95. The number of hydrogen-bond acceptors (Lipinski definition) is 3. The third-order valence-corrected chi connectivity index (χ3v) is 7.22. The van der Waals surface area contributed by atoms with Crippen LogP contribution in [0.3, 0.4) is 0 Å². The van der Waals surface area contributed by atoms with E-state index >= 15 is 0 Å². The number of anilines is 1. The van der Waals surface area contributed by atoms with Crippen molar-refractivity contribution in [1.29, 1.82) is 0 Å². The number of aryl methyl sites for hydroxylation is 2. The van der Waals surface area contributed by atoms with Crippen LogP contribution < -0.4 is 9.62 Å². The first-order chi connectivity index (χ1) is 13.3. The zero-order valence-corrected chi connectivity index (χ0v) is 17.6. The summed E-state index contributed by atoms with van der Waals surface area (Å²) in [6, 6.07) is 12.2. The first kappa shape index (κ1) is 20.4. The summed E-state index contributed by atoms with van der Waals surface area (Å²) in [5.41, 5.74) is 2.79. The van der Waals surface area contributed by atoms with Gasteiger partial charge in [0.05, 0.1) is 10.6 Å². The predicted octanol–water partition coefficient (Wildman–Crippen LogP) is 4.19. The van der Waals surface area contributed by atoms with Crippen molar-refractivity contribution in [3.8, 4) is 0 Å². The Labute approximate surface area is 167 Å². The van der Waals surface area contributed by atoms with Crippen LogP contribution in [-0.4, -0.2) is 27.4 Å². The maximum Gasteiger partial charge on any atom is 0.264 e. The van der Waals surface area contributed by atoms with Crippen LogP contribution >= 0.6 is 0 Å². The van der Waals surface area contributed by atoms with Crippen LogP contribution in [0.1, 0.15) is 53.6 Å². The summed E-state index contributed by atoms with van der Waals surface area (Å²) in [7, 11) is -2.17. The molecule has 1 aliphatic carbocycles. The number of nitrogens with one attached hydrogen (secondary N) is 1. The van der Waals surface area contributed by atoms with Crippen LogP contribution in [0.4, 0.5) is 5.69 Å². The quantitative estimate of drug-likeness (QED) is 0.818. The predicted molar refractivity (Wildman–Crippen MR) is 112 cm³/mol. The minimum absolute atomic E-state index is 0.144. The van der Waals surface area contributed by atoms with E-state index in [1.165, 1.54) is 17.8 Å². The van der Waals surface area contributed by atoms with Gasteiger partial charge in [0.15, 0.2) is 0 Å². The summed E-state index contributed by atoms with van der Waals surface area (Å²) >= 11 is 0. The molecule has 0 unspecified atom stereocenters. The molecule has 1 saturated carbocycles. The van der Waals surface area contributed by atoms with Gasteiger partial charge in [-0.1, -0.05) is 43.0 Å². The Morgan fingerprint density at radius 3 is 2.29 bits per heavy atom. The van der Waals surface area contributed by atoms with E-state index in [-0.39, 0.29) is 16.8 Å². The molecule has 0 aliphatic heterocycles. The molecule has 3 rings (SSSR count). The van der Waals surface area contributed by atoms with Crippen molar-refractivity contribution in [3.05, 3.63) is 59.2 Å². The Kier molecular flexibility index (Phi) is 6.08. The van der Waals surface area contributed by atoms with E-state index in [0.717, 1.165) is 36.8 Å². The summed E-state index contributed by atoms with van der Waals surface area (Å²) in [6.45, 7) is 3.76. The Morgan fingerprint density at radius 2 is 1.64 bits per heavy atom. The lowest BCUT2D eigenvalue weighted by molar-refractivity contribution is 0.0927. The fourth-order valence-electron chi connectivity index (χ4n) is 3.60. The Balaban J connectivity index is 1.85. The largest absolute Gasteiger partial charge is 0.349 e. The summed E-state index contributed by atoms with van der Waals surface area (Å²) in [5.74, 6) is -0.144. The average molecular weight is 401 g/mol. The molecule has 0 bridgehead atoms. The monoisotopic (exact) mass is 400 g/mol. The van der Waals surface area contributed by atoms with E-state index in [1.807, 2.05) is 13.8 Å². The summed E-state index contributed by atoms with van der Waals surface area (Å²) in [4.78, 5) is 12.9. The Morgan fingerprint density at radius 1 is 1.00 bits per heavy atom. The van der Waals surface area contributed by atoms with Gasteiger partial charge < -0.3 is 5.32 Å². The third kappa shape index (κ3) is 4.38. The first-order valence-electron chi connectivity index (χ1n) is 9.76. The lowest BCUT2D eigenvalue weighted by Gasteiger charge is -2.24. The smallest absolute Gasteiger partial charge is 0.264 e. The summed E-state index contributed by atoms with van der Waals surface area (Å²) in [6.07, 6.45) is 5.52. The van der Waals surface area contributed by atoms with Crippen LogP contribution in [0, 0.1) is 13.8 Å². The maximum atomic E-state index is 13.0. The van der Waals surface area contributed by atoms with Crippen molar-refractivity contribution < 1.29 is 13.2 Å². The highest BCUT2D eigenvalue weighted by molar-refractivity contribution is 7.92. The van der Waals surface area contributed by atoms with E-state index in [9.17, 15) is 13.2 Å². The fraction of sp³-hybridized carbons (Fsp3) is 0.409. The van der Waals surface area contributed by atoms with E-state index in [4.69, 9.17) is 0 Å². The van der Waals surface area contributed by atoms with Gasteiger partial charge in [-0.05, 0) is 56.5 Å². The Bertz CT molecular complexity index is 946. The molecule has 6 heteroatoms. The van der Waals surface area contributed by atoms with Crippen LogP contribution in [0.15, 0.2) is 47.4 Å². The number of nitrogens with zero attached hydrogens (tertiary/aromatic N) is 1. The maximum absolute atomic E-state index is 13.0. The van der Waals surface area contributed by atoms with Gasteiger partial charge in [-0.2, -0.15) is 0 Å². The number of benzene rings is 2. The fourth-order valence-corrected chi connectivity index (χ4v) is 4.86. The molecule has 1 N–H and O–H groups in total. The minimum Gasteiger partial charge on any atom is -0.349 e. The zero-order chi connectivity index (χ0) is 20.3.